The maximum Gasteiger partial charge on any atom is 1.00 e. The van der Waals surface area contributed by atoms with Crippen LogP contribution in [-0.2, 0) is 30.4 Å². The van der Waals surface area contributed by atoms with Crippen LogP contribution >= 0.6 is 0 Å². The van der Waals surface area contributed by atoms with E-state index in [0.717, 1.165) is 30.3 Å². The standard InChI is InChI=1S/C22H17N5O10S3.3Na/c23-14-10-9-12-13(20(14)26-24-15-5-1-3-7-17(15)38(29,30)31)11-19(40(35,36)37)21(22(12)28)27-25-16-6-2-4-8-18(16)39(32,33)34;;;/h1-11,28H,23H2,(H,29,30,31)(H,32,33,34)(H,35,36,37);;;/q;3*+1/p-3. The number of azo groups is 2. The van der Waals surface area contributed by atoms with E-state index in [1.165, 1.54) is 36.4 Å². The molecule has 0 spiro atoms. The molecule has 4 rings (SSSR count). The van der Waals surface area contributed by atoms with Crippen molar-refractivity contribution < 1.29 is 133 Å². The van der Waals surface area contributed by atoms with Gasteiger partial charge in [-0.15, -0.1) is 20.5 Å². The maximum absolute atomic E-state index is 13.3. The van der Waals surface area contributed by atoms with Gasteiger partial charge in [0.05, 0.1) is 21.2 Å². The minimum atomic E-state index is -5.18. The van der Waals surface area contributed by atoms with Gasteiger partial charge in [-0.25, -0.2) is 16.8 Å². The Morgan fingerprint density at radius 3 is 1.49 bits per heavy atom. The summed E-state index contributed by atoms with van der Waals surface area (Å²) in [5.74, 6) is -1.12. The van der Waals surface area contributed by atoms with E-state index in [1.807, 2.05) is 0 Å². The van der Waals surface area contributed by atoms with Crippen molar-refractivity contribution in [3.8, 4) is 5.75 Å². The third kappa shape index (κ3) is 9.12. The van der Waals surface area contributed by atoms with Crippen LogP contribution in [0.2, 0.25) is 0 Å². The number of nitrogens with zero attached hydrogens (tertiary/aromatic N) is 4. The van der Waals surface area contributed by atoms with E-state index in [2.05, 4.69) is 20.5 Å². The molecule has 0 aliphatic carbocycles. The monoisotopic (exact) mass is 673 g/mol. The van der Waals surface area contributed by atoms with Gasteiger partial charge >= 0.3 is 88.7 Å². The second-order valence-electron chi connectivity index (χ2n) is 7.87. The van der Waals surface area contributed by atoms with Gasteiger partial charge < -0.3 is 19.9 Å². The molecule has 21 heteroatoms. The van der Waals surface area contributed by atoms with E-state index in [4.69, 9.17) is 5.73 Å². The molecule has 4 aromatic carbocycles. The zero-order valence-electron chi connectivity index (χ0n) is 22.6. The van der Waals surface area contributed by atoms with Gasteiger partial charge in [-0.1, -0.05) is 36.1 Å². The van der Waals surface area contributed by atoms with Crippen molar-refractivity contribution in [3.63, 3.8) is 0 Å². The van der Waals surface area contributed by atoms with E-state index in [0.29, 0.717) is 0 Å². The van der Waals surface area contributed by atoms with Gasteiger partial charge in [-0.3, -0.25) is 4.55 Å². The normalized spacial score (nSPS) is 12.1. The number of hydrogen-bond donors (Lipinski definition) is 2. The molecule has 15 nitrogen and oxygen atoms in total. The van der Waals surface area contributed by atoms with Gasteiger partial charge in [-0.2, -0.15) is 8.42 Å². The van der Waals surface area contributed by atoms with Crippen molar-refractivity contribution >= 4 is 69.6 Å². The number of nitrogen functional groups attached to an aromatic ring is 1. The predicted octanol–water partition coefficient (Wildman–Crippen LogP) is -5.61. The van der Waals surface area contributed by atoms with Crippen molar-refractivity contribution in [3.05, 3.63) is 66.7 Å². The number of rotatable bonds is 7. The van der Waals surface area contributed by atoms with Crippen LogP contribution < -0.4 is 99.5 Å². The van der Waals surface area contributed by atoms with Crippen molar-refractivity contribution in [1.29, 1.82) is 0 Å². The van der Waals surface area contributed by atoms with E-state index in [-0.39, 0.29) is 117 Å². The Morgan fingerprint density at radius 1 is 0.605 bits per heavy atom. The molecule has 4 aromatic rings. The summed E-state index contributed by atoms with van der Waals surface area (Å²) in [6, 6.07) is 12.5. The largest absolute Gasteiger partial charge is 1.00 e. The van der Waals surface area contributed by atoms with E-state index >= 15 is 0 Å². The maximum atomic E-state index is 13.3. The zero-order valence-corrected chi connectivity index (χ0v) is 31.0. The number of benzene rings is 4. The number of hydrogen-bond acceptors (Lipinski definition) is 14. The van der Waals surface area contributed by atoms with Gasteiger partial charge in [-0.05, 0) is 41.8 Å². The van der Waals surface area contributed by atoms with Crippen LogP contribution in [0, 0.1) is 0 Å². The first-order valence-electron chi connectivity index (χ1n) is 10.6. The van der Waals surface area contributed by atoms with Crippen molar-refractivity contribution in [2.75, 3.05) is 5.73 Å². The molecule has 208 valence electrons. The Labute approximate surface area is 311 Å². The summed E-state index contributed by atoms with van der Waals surface area (Å²) < 4.78 is 103. The van der Waals surface area contributed by atoms with Crippen LogP contribution in [0.4, 0.5) is 28.4 Å². The summed E-state index contributed by atoms with van der Waals surface area (Å²) >= 11 is 0. The Hall–Kier alpha value is -1.33. The third-order valence-corrected chi connectivity index (χ3v) is 7.91. The Balaban J connectivity index is 0.00000308. The number of fused-ring (bicyclic) bond motifs is 1. The Bertz CT molecular complexity index is 2080. The molecule has 0 heterocycles. The molecule has 0 aliphatic heterocycles. The molecule has 0 aliphatic rings. The number of nitrogens with two attached hydrogens (primary N) is 1. The molecular weight excluding hydrogens is 659 g/mol. The summed E-state index contributed by atoms with van der Waals surface area (Å²) in [6.45, 7) is 0. The molecule has 0 atom stereocenters. The third-order valence-electron chi connectivity index (χ3n) is 5.28. The first-order chi connectivity index (χ1) is 18.6. The van der Waals surface area contributed by atoms with Gasteiger partial charge in [0.1, 0.15) is 42.2 Å². The van der Waals surface area contributed by atoms with E-state index < -0.39 is 62.2 Å². The van der Waals surface area contributed by atoms with Gasteiger partial charge in [0.25, 0.3) is 10.1 Å². The predicted molar refractivity (Wildman–Crippen MR) is 135 cm³/mol. The second-order valence-corrected chi connectivity index (χ2v) is 12.0. The van der Waals surface area contributed by atoms with Crippen LogP contribution in [0.15, 0.2) is 102 Å². The summed E-state index contributed by atoms with van der Waals surface area (Å²) in [5.41, 5.74) is 3.67. The Morgan fingerprint density at radius 2 is 1.05 bits per heavy atom. The average molecular weight is 674 g/mol. The molecule has 0 amide bonds. The summed E-state index contributed by atoms with van der Waals surface area (Å²) in [4.78, 5) is -2.57. The molecule has 0 aromatic heterocycles. The molecule has 43 heavy (non-hydrogen) atoms. The smallest absolute Gasteiger partial charge is 0.871 e. The quantitative estimate of drug-likeness (QED) is 0.0808. The summed E-state index contributed by atoms with van der Waals surface area (Å²) in [5, 5.41) is 27.4. The number of anilines is 1. The van der Waals surface area contributed by atoms with Gasteiger partial charge in [0, 0.05) is 5.39 Å². The van der Waals surface area contributed by atoms with Crippen molar-refractivity contribution in [2.45, 2.75) is 14.7 Å². The average Bonchev–Trinajstić information content (AvgIpc) is 2.86. The molecule has 0 unspecified atom stereocenters. The fourth-order valence-corrected chi connectivity index (χ4v) is 5.39. The minimum absolute atomic E-state index is 0. The second kappa shape index (κ2) is 15.3. The molecule has 0 saturated carbocycles. The molecule has 0 bridgehead atoms. The molecule has 0 saturated heterocycles. The molecule has 3 N–H and O–H groups in total. The van der Waals surface area contributed by atoms with Crippen LogP contribution in [0.3, 0.4) is 0 Å². The SMILES string of the molecule is Nc1ccc2c([O-])c(N=Nc3ccccc3S(=O)(=O)[O-])c(S(=O)(=O)O)cc2c1N=Nc1ccccc1S(=O)(=O)[O-].[Na+].[Na+].[Na+]. The van der Waals surface area contributed by atoms with Gasteiger partial charge in [0.2, 0.25) is 0 Å². The van der Waals surface area contributed by atoms with E-state index in [9.17, 15) is 44.0 Å². The first-order valence-corrected chi connectivity index (χ1v) is 14.8. The fourth-order valence-electron chi connectivity index (χ4n) is 3.52. The fraction of sp³-hybridized carbons (Fsp3) is 0. The van der Waals surface area contributed by atoms with Crippen molar-refractivity contribution in [1.82, 2.24) is 0 Å². The summed E-state index contributed by atoms with van der Waals surface area (Å²) in [6.07, 6.45) is 0. The van der Waals surface area contributed by atoms with Crippen LogP contribution in [0.5, 0.6) is 5.75 Å². The summed E-state index contributed by atoms with van der Waals surface area (Å²) in [7, 11) is -15.1. The van der Waals surface area contributed by atoms with Crippen LogP contribution in [0.25, 0.3) is 10.8 Å². The Kier molecular flexibility index (Phi) is 14.1. The molecule has 0 radical (unpaired) electrons. The zero-order chi connectivity index (χ0) is 29.5. The topological polar surface area (TPSA) is 267 Å². The first kappa shape index (κ1) is 39.7. The molecular formula is C22H14N5Na3O10S3. The minimum Gasteiger partial charge on any atom is -0.871 e. The van der Waals surface area contributed by atoms with Crippen LogP contribution in [-0.4, -0.2) is 38.9 Å². The molecule has 0 fully saturated rings. The van der Waals surface area contributed by atoms with E-state index in [1.54, 1.807) is 0 Å². The van der Waals surface area contributed by atoms with Gasteiger partial charge in [0.15, 0.2) is 0 Å². The van der Waals surface area contributed by atoms with Crippen LogP contribution in [0.1, 0.15) is 0 Å². The van der Waals surface area contributed by atoms with Crippen molar-refractivity contribution in [2.24, 2.45) is 20.5 Å².